The molecular formula is C18H23NS. The molecule has 0 amide bonds. The van der Waals surface area contributed by atoms with Gasteiger partial charge in [0.1, 0.15) is 0 Å². The minimum absolute atomic E-state index is 0.555. The van der Waals surface area contributed by atoms with Crippen molar-refractivity contribution in [3.8, 4) is 0 Å². The van der Waals surface area contributed by atoms with Crippen LogP contribution in [0.3, 0.4) is 0 Å². The van der Waals surface area contributed by atoms with E-state index in [4.69, 9.17) is 0 Å². The lowest BCUT2D eigenvalue weighted by molar-refractivity contribution is 0.487. The fourth-order valence-corrected chi connectivity index (χ4v) is 3.54. The molecule has 1 aromatic carbocycles. The van der Waals surface area contributed by atoms with Gasteiger partial charge in [0.25, 0.3) is 0 Å². The number of benzene rings is 1. The molecule has 1 nitrogen and oxygen atoms in total. The maximum absolute atomic E-state index is 3.76. The van der Waals surface area contributed by atoms with Gasteiger partial charge >= 0.3 is 0 Å². The van der Waals surface area contributed by atoms with Crippen LogP contribution < -0.4 is 5.32 Å². The number of rotatable bonds is 6. The summed E-state index contributed by atoms with van der Waals surface area (Å²) in [5, 5.41) is 5.94. The molecule has 1 atom stereocenters. The maximum atomic E-state index is 3.76. The van der Waals surface area contributed by atoms with E-state index >= 15 is 0 Å². The van der Waals surface area contributed by atoms with Gasteiger partial charge in [-0.25, -0.2) is 0 Å². The third-order valence-electron chi connectivity index (χ3n) is 4.12. The lowest BCUT2D eigenvalue weighted by Gasteiger charge is -2.17. The zero-order chi connectivity index (χ0) is 13.9. The fraction of sp³-hybridized carbons (Fsp3) is 0.444. The van der Waals surface area contributed by atoms with E-state index in [9.17, 15) is 0 Å². The van der Waals surface area contributed by atoms with E-state index in [1.54, 1.807) is 0 Å². The van der Waals surface area contributed by atoms with Crippen LogP contribution in [0.2, 0.25) is 0 Å². The van der Waals surface area contributed by atoms with Crippen LogP contribution >= 0.6 is 11.3 Å². The second-order valence-corrected chi connectivity index (χ2v) is 7.09. The Kier molecular flexibility index (Phi) is 4.23. The summed E-state index contributed by atoms with van der Waals surface area (Å²) in [5.74, 6) is 1.46. The van der Waals surface area contributed by atoms with E-state index in [0.29, 0.717) is 12.0 Å². The van der Waals surface area contributed by atoms with Crippen LogP contribution in [0.4, 0.5) is 0 Å². The molecule has 1 heterocycles. The average Bonchev–Trinajstić information content (AvgIpc) is 3.14. The van der Waals surface area contributed by atoms with Gasteiger partial charge in [0, 0.05) is 17.5 Å². The van der Waals surface area contributed by atoms with Crippen LogP contribution in [0.25, 0.3) is 0 Å². The van der Waals surface area contributed by atoms with E-state index in [-0.39, 0.29) is 0 Å². The molecule has 0 radical (unpaired) electrons. The zero-order valence-electron chi connectivity index (χ0n) is 12.3. The Morgan fingerprint density at radius 1 is 1.15 bits per heavy atom. The normalized spacial score (nSPS) is 16.6. The second-order valence-electron chi connectivity index (χ2n) is 6.11. The SMILES string of the molecule is CC(C)c1ccc(CNC(c2cccs2)C2CC2)cc1. The largest absolute Gasteiger partial charge is 0.305 e. The molecule has 0 spiro atoms. The van der Waals surface area contributed by atoms with Crippen LogP contribution in [0.15, 0.2) is 41.8 Å². The van der Waals surface area contributed by atoms with E-state index in [0.717, 1.165) is 12.5 Å². The average molecular weight is 285 g/mol. The first-order valence-electron chi connectivity index (χ1n) is 7.59. The Hall–Kier alpha value is -1.12. The summed E-state index contributed by atoms with van der Waals surface area (Å²) in [6.07, 6.45) is 2.75. The summed E-state index contributed by atoms with van der Waals surface area (Å²) < 4.78 is 0. The van der Waals surface area contributed by atoms with Crippen LogP contribution in [0, 0.1) is 5.92 Å². The molecule has 2 aromatic rings. The summed E-state index contributed by atoms with van der Waals surface area (Å²) in [6, 6.07) is 14.0. The van der Waals surface area contributed by atoms with Crippen molar-refractivity contribution in [3.63, 3.8) is 0 Å². The van der Waals surface area contributed by atoms with Crippen molar-refractivity contribution in [2.45, 2.75) is 45.2 Å². The molecule has 1 saturated carbocycles. The second kappa shape index (κ2) is 6.11. The number of nitrogens with one attached hydrogen (secondary N) is 1. The topological polar surface area (TPSA) is 12.0 Å². The van der Waals surface area contributed by atoms with Gasteiger partial charge in [0.15, 0.2) is 0 Å². The quantitative estimate of drug-likeness (QED) is 0.777. The van der Waals surface area contributed by atoms with E-state index < -0.39 is 0 Å². The molecule has 0 saturated heterocycles. The van der Waals surface area contributed by atoms with Crippen molar-refractivity contribution in [1.29, 1.82) is 0 Å². The Morgan fingerprint density at radius 3 is 2.45 bits per heavy atom. The van der Waals surface area contributed by atoms with Crippen molar-refractivity contribution < 1.29 is 0 Å². The molecule has 1 N–H and O–H groups in total. The van der Waals surface area contributed by atoms with Crippen molar-refractivity contribution in [1.82, 2.24) is 5.32 Å². The minimum atomic E-state index is 0.555. The molecule has 106 valence electrons. The van der Waals surface area contributed by atoms with Gasteiger partial charge in [-0.1, -0.05) is 44.2 Å². The number of hydrogen-bond donors (Lipinski definition) is 1. The monoisotopic (exact) mass is 285 g/mol. The van der Waals surface area contributed by atoms with Crippen LogP contribution in [0.1, 0.15) is 54.7 Å². The van der Waals surface area contributed by atoms with Gasteiger partial charge < -0.3 is 5.32 Å². The standard InChI is InChI=1S/C18H23NS/c1-13(2)15-7-5-14(6-8-15)12-19-18(16-9-10-16)17-4-3-11-20-17/h3-8,11,13,16,18-19H,9-10,12H2,1-2H3. The van der Waals surface area contributed by atoms with Gasteiger partial charge in [0.05, 0.1) is 0 Å². The highest BCUT2D eigenvalue weighted by Crippen LogP contribution is 2.42. The molecule has 2 heteroatoms. The van der Waals surface area contributed by atoms with E-state index in [1.807, 2.05) is 11.3 Å². The van der Waals surface area contributed by atoms with Crippen molar-refractivity contribution >= 4 is 11.3 Å². The Labute approximate surface area is 126 Å². The Balaban J connectivity index is 1.62. The molecule has 1 aliphatic carbocycles. The third-order valence-corrected chi connectivity index (χ3v) is 5.07. The van der Waals surface area contributed by atoms with Gasteiger partial charge in [-0.3, -0.25) is 0 Å². The highest BCUT2D eigenvalue weighted by atomic mass is 32.1. The molecule has 1 unspecified atom stereocenters. The molecule has 1 aliphatic rings. The van der Waals surface area contributed by atoms with E-state index in [1.165, 1.54) is 28.8 Å². The first-order chi connectivity index (χ1) is 9.74. The zero-order valence-corrected chi connectivity index (χ0v) is 13.1. The van der Waals surface area contributed by atoms with Gasteiger partial charge in [0.2, 0.25) is 0 Å². The first-order valence-corrected chi connectivity index (χ1v) is 8.47. The van der Waals surface area contributed by atoms with Gasteiger partial charge in [-0.2, -0.15) is 0 Å². The highest BCUT2D eigenvalue weighted by Gasteiger charge is 2.32. The Bertz CT molecular complexity index is 523. The predicted octanol–water partition coefficient (Wildman–Crippen LogP) is 5.11. The summed E-state index contributed by atoms with van der Waals surface area (Å²) in [4.78, 5) is 1.49. The fourth-order valence-electron chi connectivity index (χ4n) is 2.65. The summed E-state index contributed by atoms with van der Waals surface area (Å²) in [6.45, 7) is 5.46. The predicted molar refractivity (Wildman–Crippen MR) is 87.2 cm³/mol. The highest BCUT2D eigenvalue weighted by molar-refractivity contribution is 7.10. The van der Waals surface area contributed by atoms with Crippen molar-refractivity contribution in [2.24, 2.45) is 5.92 Å². The lowest BCUT2D eigenvalue weighted by Crippen LogP contribution is -2.21. The van der Waals surface area contributed by atoms with Crippen LogP contribution in [-0.4, -0.2) is 0 Å². The number of thiophene rings is 1. The molecular weight excluding hydrogens is 262 g/mol. The Morgan fingerprint density at radius 2 is 1.90 bits per heavy atom. The van der Waals surface area contributed by atoms with Gasteiger partial charge in [-0.15, -0.1) is 11.3 Å². The molecule has 0 bridgehead atoms. The van der Waals surface area contributed by atoms with Crippen LogP contribution in [-0.2, 0) is 6.54 Å². The molecule has 0 aliphatic heterocycles. The van der Waals surface area contributed by atoms with Crippen LogP contribution in [0.5, 0.6) is 0 Å². The van der Waals surface area contributed by atoms with Gasteiger partial charge in [-0.05, 0) is 47.3 Å². The molecule has 3 rings (SSSR count). The van der Waals surface area contributed by atoms with Crippen molar-refractivity contribution in [3.05, 3.63) is 57.8 Å². The summed E-state index contributed by atoms with van der Waals surface area (Å²) >= 11 is 1.88. The molecule has 1 aromatic heterocycles. The smallest absolute Gasteiger partial charge is 0.0446 e. The number of hydrogen-bond acceptors (Lipinski definition) is 2. The summed E-state index contributed by atoms with van der Waals surface area (Å²) in [7, 11) is 0. The lowest BCUT2D eigenvalue weighted by atomic mass is 10.0. The molecule has 1 fully saturated rings. The minimum Gasteiger partial charge on any atom is -0.305 e. The summed E-state index contributed by atoms with van der Waals surface area (Å²) in [5.41, 5.74) is 2.81. The van der Waals surface area contributed by atoms with E-state index in [2.05, 4.69) is 60.9 Å². The van der Waals surface area contributed by atoms with Crippen molar-refractivity contribution in [2.75, 3.05) is 0 Å². The maximum Gasteiger partial charge on any atom is 0.0446 e. The molecule has 20 heavy (non-hydrogen) atoms. The first kappa shape index (κ1) is 13.8. The third kappa shape index (κ3) is 3.31.